The molecule has 1 radical (unpaired) electrons. The molecule has 12 nitrogen and oxygen atoms in total. The van der Waals surface area contributed by atoms with E-state index in [1.807, 2.05) is 129 Å². The van der Waals surface area contributed by atoms with Crippen LogP contribution in [0.2, 0.25) is 74.5 Å². The predicted molar refractivity (Wildman–Crippen MR) is 600 cm³/mol. The molecular formula is C116H190ErN12Sc2Si4Y. The van der Waals surface area contributed by atoms with Crippen LogP contribution in [0.4, 0.5) is 22.7 Å². The summed E-state index contributed by atoms with van der Waals surface area (Å²) in [6, 6.07) is 37.1. The molecule has 0 N–H and O–H groups in total. The maximum atomic E-state index is 5.56. The van der Waals surface area contributed by atoms with Gasteiger partial charge in [0.05, 0.1) is 0 Å². The summed E-state index contributed by atoms with van der Waals surface area (Å²) in [5.41, 5.74) is 12.4. The van der Waals surface area contributed by atoms with E-state index in [0.29, 0.717) is 18.1 Å². The van der Waals surface area contributed by atoms with Gasteiger partial charge in [0.1, 0.15) is 0 Å². The van der Waals surface area contributed by atoms with Gasteiger partial charge in [0, 0.05) is 24.2 Å². The molecule has 0 bridgehead atoms. The van der Waals surface area contributed by atoms with Crippen molar-refractivity contribution >= 4 is 55.7 Å². The Morgan fingerprint density at radius 3 is 0.721 bits per heavy atom. The molecule has 4 aromatic rings. The van der Waals surface area contributed by atoms with Crippen molar-refractivity contribution in [3.8, 4) is 0 Å². The third kappa shape index (κ3) is 37.2. The minimum Gasteiger partial charge on any atom is -0.662 e. The summed E-state index contributed by atoms with van der Waals surface area (Å²) in [6.07, 6.45) is 62.0. The number of likely N-dealkylation sites (tertiary alicyclic amines) is 4. The molecule has 16 atom stereocenters. The van der Waals surface area contributed by atoms with Crippen LogP contribution in [0.1, 0.15) is 180 Å². The van der Waals surface area contributed by atoms with Gasteiger partial charge in [-0.05, 0) is 233 Å². The Morgan fingerprint density at radius 1 is 0.316 bits per heavy atom. The molecule has 4 heterocycles. The van der Waals surface area contributed by atoms with E-state index in [9.17, 15) is 0 Å². The van der Waals surface area contributed by atoms with E-state index in [-0.39, 0.29) is 157 Å². The van der Waals surface area contributed by atoms with Crippen molar-refractivity contribution in [1.29, 1.82) is 0 Å². The van der Waals surface area contributed by atoms with Gasteiger partial charge in [-0.25, -0.2) is 0 Å². The molecule has 16 unspecified atom stereocenters. The minimum absolute atomic E-state index is 0. The molecule has 136 heavy (non-hydrogen) atoms. The van der Waals surface area contributed by atoms with Crippen molar-refractivity contribution in [3.05, 3.63) is 294 Å². The van der Waals surface area contributed by atoms with E-state index in [2.05, 4.69) is 289 Å². The zero-order chi connectivity index (χ0) is 92.8. The van der Waals surface area contributed by atoms with Crippen molar-refractivity contribution in [2.45, 2.75) is 280 Å². The van der Waals surface area contributed by atoms with E-state index < -0.39 is 32.9 Å². The molecular weight excluding hydrogens is 2020 g/mol. The smallest absolute Gasteiger partial charge is 0.662 e. The second-order valence-corrected chi connectivity index (χ2v) is 61.4. The third-order valence-electron chi connectivity index (χ3n) is 30.4. The van der Waals surface area contributed by atoms with Crippen LogP contribution in [0.5, 0.6) is 0 Å². The molecule has 17 rings (SSSR count). The van der Waals surface area contributed by atoms with Gasteiger partial charge in [-0.2, -0.15) is 74.2 Å². The van der Waals surface area contributed by atoms with E-state index in [4.69, 9.17) is 19.9 Å². The number of hydrogen-bond acceptors (Lipinski definition) is 8. The first kappa shape index (κ1) is 130. The van der Waals surface area contributed by atoms with Gasteiger partial charge in [0.2, 0.25) is 0 Å². The Hall–Kier alpha value is -1.88. The standard InChI is InChI=1S/C21H35N2Si.C19H33N2Si.2C18H31N2Si.4C9H12N.4CH3.Er.2Sc.Y/c1-24(2,22-17-10-4-3-5-11-17)21-16-20(23-14-8-9-15-23)18-12-6-7-13-19(18)21;1-19(2,3)20-22(4,5)18-14-17(21-12-8-9-13-21)15-10-6-7-11-16(15)18;2*1-14(2)19-21(3,4)18-13-17(20-11-7-8-12-20)15-9-5-6-10-16(15)18;4*1-8-6-4-5-7-9(8)10(2)3;;;;;;;;/h6-7,12-13,17-21H,3-5,8-11,14-16H2,1-2H3;6-7,10-11,15-18H,8-9,12-14H2,1-5H3;2*5-6,9-10,14-18H,7-8,11-13H2,1-4H3;4*4-7H,1H2,2-3H3;4*1H3;;;;/q12*-1;4*+3. The summed E-state index contributed by atoms with van der Waals surface area (Å²) in [5, 5.41) is 0. The number of rotatable bonds is 19. The van der Waals surface area contributed by atoms with Gasteiger partial charge in [0.25, 0.3) is 0 Å². The zero-order valence-corrected chi connectivity index (χ0v) is 103. The summed E-state index contributed by atoms with van der Waals surface area (Å²) in [4.78, 5) is 40.7. The van der Waals surface area contributed by atoms with Gasteiger partial charge < -0.3 is 69.2 Å². The van der Waals surface area contributed by atoms with Crippen molar-refractivity contribution in [3.63, 3.8) is 0 Å². The topological polar surface area (TPSA) is 82.3 Å². The van der Waals surface area contributed by atoms with Crippen molar-refractivity contribution in [1.82, 2.24) is 19.6 Å². The Kier molecular flexibility index (Phi) is 59.0. The molecule has 4 aliphatic heterocycles. The van der Waals surface area contributed by atoms with E-state index >= 15 is 0 Å². The van der Waals surface area contributed by atoms with Crippen molar-refractivity contribution < 1.29 is 122 Å². The molecule has 751 valence electrons. The molecule has 4 saturated heterocycles. The van der Waals surface area contributed by atoms with E-state index in [1.165, 1.54) is 184 Å². The number of benzene rings is 4. The van der Waals surface area contributed by atoms with Gasteiger partial charge in [-0.15, -0.1) is 47.9 Å². The fraction of sp³-hybridized carbons (Fsp3) is 0.586. The quantitative estimate of drug-likeness (QED) is 0.0678. The summed E-state index contributed by atoms with van der Waals surface area (Å²) in [5.74, 6) is 5.94. The molecule has 0 aromatic heterocycles. The normalized spacial score (nSPS) is 26.6. The summed E-state index contributed by atoms with van der Waals surface area (Å²) < 4.78 is 0. The van der Waals surface area contributed by atoms with Crippen LogP contribution in [-0.4, -0.2) is 209 Å². The van der Waals surface area contributed by atoms with Crippen LogP contribution in [0.25, 0.3) is 19.9 Å². The molecule has 20 heteroatoms. The third-order valence-corrected chi connectivity index (χ3v) is 44.7. The monoisotopic (exact) mass is 2210 g/mol. The average Bonchev–Trinajstić information content (AvgIpc) is 1.63. The van der Waals surface area contributed by atoms with Crippen LogP contribution in [-0.2, 0) is 84.4 Å². The Morgan fingerprint density at radius 2 is 0.522 bits per heavy atom. The molecule has 4 aromatic carbocycles. The number of allylic oxidation sites excluding steroid dienone is 12. The zero-order valence-electron chi connectivity index (χ0n) is 90.8. The summed E-state index contributed by atoms with van der Waals surface area (Å²) >= 11 is 0. The molecule has 0 spiro atoms. The number of hydrogen-bond donors (Lipinski definition) is 0. The molecule has 9 fully saturated rings. The van der Waals surface area contributed by atoms with Crippen molar-refractivity contribution in [2.24, 2.45) is 47.3 Å². The molecule has 9 aliphatic carbocycles. The number of nitrogens with zero attached hydrogens (tertiary/aromatic N) is 12. The van der Waals surface area contributed by atoms with Crippen LogP contribution in [0.3, 0.4) is 0 Å². The molecule has 13 aliphatic rings. The van der Waals surface area contributed by atoms with Gasteiger partial charge >= 0.3 is 122 Å². The van der Waals surface area contributed by atoms with Crippen LogP contribution in [0, 0.1) is 142 Å². The fourth-order valence-electron chi connectivity index (χ4n) is 24.9. The van der Waals surface area contributed by atoms with Gasteiger partial charge in [-0.3, -0.25) is 19.6 Å². The fourth-order valence-corrected chi connectivity index (χ4v) is 39.7. The SMILES string of the molecule is CC(C)(C)[N-][Si](C)(C)C1CC(N2CCCC2)C2C=CC=CC21.CC(C)[N-][Si](C)(C)C1CC(N2CCCC2)C2C=CC=CC21.CC(C)[N-][Si](C)(C)C1CC(N2CCCC2)C2C=CC=CC21.C[Si](C)([N-]C1CCCCC1)C1CC(N2CCCC2)C2C=CC=CC21.[CH2-]c1ccccc1N(C)C.[CH2-]c1ccccc1N(C)C.[CH2-]c1ccccc1N(C)C.[CH2-]c1ccccc1N(C)C.[CH3-].[CH3-].[CH3-].[CH3-].[Er+3].[Sc+3].[Sc+3].[Y+3]. The second kappa shape index (κ2) is 61.7. The largest absolute Gasteiger partial charge is 3.00 e. The Bertz CT molecular complexity index is 3980. The van der Waals surface area contributed by atoms with Crippen LogP contribution >= 0.6 is 0 Å². The van der Waals surface area contributed by atoms with Crippen LogP contribution in [0.15, 0.2) is 194 Å². The predicted octanol–water partition coefficient (Wildman–Crippen LogP) is 29.1. The summed E-state index contributed by atoms with van der Waals surface area (Å²) in [6.45, 7) is 62.1. The first-order valence-electron chi connectivity index (χ1n) is 50.4. The second-order valence-electron chi connectivity index (χ2n) is 44.2. The van der Waals surface area contributed by atoms with E-state index in [1.54, 1.807) is 0 Å². The Balaban J connectivity index is 0.000000534. The van der Waals surface area contributed by atoms with Gasteiger partial charge in [-0.1, -0.05) is 357 Å². The number of para-hydroxylation sites is 4. The first-order valence-corrected chi connectivity index (χ1v) is 62.5. The number of anilines is 4. The van der Waals surface area contributed by atoms with E-state index in [0.717, 1.165) is 116 Å². The Labute approximate surface area is 936 Å². The average molecular weight is 2210 g/mol. The number of fused-ring (bicyclic) bond motifs is 4. The maximum absolute atomic E-state index is 5.56. The van der Waals surface area contributed by atoms with Crippen molar-refractivity contribution in [2.75, 3.05) is 128 Å². The maximum Gasteiger partial charge on any atom is 3.00 e. The van der Waals surface area contributed by atoms with Crippen LogP contribution < -0.4 is 19.6 Å². The summed E-state index contributed by atoms with van der Waals surface area (Å²) in [7, 11) is 9.96. The minimum atomic E-state index is -1.59. The molecule has 0 amide bonds. The first-order chi connectivity index (χ1) is 60.8. The molecule has 5 saturated carbocycles. The van der Waals surface area contributed by atoms with Gasteiger partial charge in [0.15, 0.2) is 0 Å².